The van der Waals surface area contributed by atoms with Gasteiger partial charge in [0, 0.05) is 12.0 Å². The van der Waals surface area contributed by atoms with Gasteiger partial charge in [0.05, 0.1) is 6.61 Å². The normalized spacial score (nSPS) is 13.2. The SMILES string of the molecule is CCOc1nc(SC)nc(C(F)(F)F)c1Cc1ccc2c(c1)OCO2. The lowest BCUT2D eigenvalue weighted by Crippen LogP contribution is -2.16. The third kappa shape index (κ3) is 3.76. The van der Waals surface area contributed by atoms with E-state index in [1.165, 1.54) is 0 Å². The number of alkyl halides is 3. The molecule has 1 aliphatic heterocycles. The van der Waals surface area contributed by atoms with E-state index in [2.05, 4.69) is 9.97 Å². The van der Waals surface area contributed by atoms with Crippen LogP contribution in [0.15, 0.2) is 23.4 Å². The number of thioether (sulfide) groups is 1. The molecule has 25 heavy (non-hydrogen) atoms. The predicted octanol–water partition coefficient (Wildman–Crippen LogP) is 3.94. The van der Waals surface area contributed by atoms with Gasteiger partial charge in [-0.15, -0.1) is 0 Å². The number of ether oxygens (including phenoxy) is 3. The zero-order chi connectivity index (χ0) is 18.0. The van der Waals surface area contributed by atoms with Crippen LogP contribution in [-0.2, 0) is 12.6 Å². The van der Waals surface area contributed by atoms with E-state index in [4.69, 9.17) is 14.2 Å². The second-order valence-corrected chi connectivity index (χ2v) is 5.91. The molecule has 134 valence electrons. The van der Waals surface area contributed by atoms with Gasteiger partial charge < -0.3 is 14.2 Å². The molecule has 0 aliphatic carbocycles. The number of fused-ring (bicyclic) bond motifs is 1. The van der Waals surface area contributed by atoms with Gasteiger partial charge >= 0.3 is 6.18 Å². The summed E-state index contributed by atoms with van der Waals surface area (Å²) in [6.07, 6.45) is -3.02. The first-order chi connectivity index (χ1) is 11.9. The minimum absolute atomic E-state index is 0.0187. The highest BCUT2D eigenvalue weighted by molar-refractivity contribution is 7.98. The molecular formula is C16H15F3N2O3S. The van der Waals surface area contributed by atoms with Crippen molar-refractivity contribution in [2.45, 2.75) is 24.7 Å². The molecule has 0 fully saturated rings. The summed E-state index contributed by atoms with van der Waals surface area (Å²) in [6.45, 7) is 2.00. The molecule has 0 saturated heterocycles. The Morgan fingerprint density at radius 1 is 1.20 bits per heavy atom. The molecule has 1 aliphatic rings. The van der Waals surface area contributed by atoms with Crippen LogP contribution in [0, 0.1) is 0 Å². The topological polar surface area (TPSA) is 53.5 Å². The Balaban J connectivity index is 2.06. The molecule has 0 N–H and O–H groups in total. The number of halogens is 3. The molecule has 1 aromatic carbocycles. The number of nitrogens with zero attached hydrogens (tertiary/aromatic N) is 2. The molecule has 5 nitrogen and oxygen atoms in total. The minimum atomic E-state index is -4.61. The number of benzene rings is 1. The average Bonchev–Trinajstić information content (AvgIpc) is 3.03. The molecule has 2 heterocycles. The maximum absolute atomic E-state index is 13.5. The maximum Gasteiger partial charge on any atom is 0.433 e. The van der Waals surface area contributed by atoms with Crippen LogP contribution in [-0.4, -0.2) is 29.6 Å². The number of aromatic nitrogens is 2. The van der Waals surface area contributed by atoms with Crippen LogP contribution in [0.1, 0.15) is 23.7 Å². The van der Waals surface area contributed by atoms with E-state index in [9.17, 15) is 13.2 Å². The van der Waals surface area contributed by atoms with Crippen molar-refractivity contribution in [1.82, 2.24) is 9.97 Å². The van der Waals surface area contributed by atoms with Crippen molar-refractivity contribution >= 4 is 11.8 Å². The molecule has 3 rings (SSSR count). The summed E-state index contributed by atoms with van der Waals surface area (Å²) in [4.78, 5) is 7.76. The van der Waals surface area contributed by atoms with Crippen LogP contribution in [0.2, 0.25) is 0 Å². The highest BCUT2D eigenvalue weighted by atomic mass is 32.2. The van der Waals surface area contributed by atoms with Crippen molar-refractivity contribution in [3.05, 3.63) is 35.0 Å². The fourth-order valence-corrected chi connectivity index (χ4v) is 2.80. The summed E-state index contributed by atoms with van der Waals surface area (Å²) in [7, 11) is 0. The van der Waals surface area contributed by atoms with E-state index in [0.717, 1.165) is 11.8 Å². The molecule has 2 aromatic rings. The van der Waals surface area contributed by atoms with Crippen LogP contribution in [0.3, 0.4) is 0 Å². The van der Waals surface area contributed by atoms with Crippen molar-refractivity contribution in [3.63, 3.8) is 0 Å². The third-order valence-electron chi connectivity index (χ3n) is 3.50. The molecule has 0 amide bonds. The number of hydrogen-bond donors (Lipinski definition) is 0. The second-order valence-electron chi connectivity index (χ2n) is 5.14. The van der Waals surface area contributed by atoms with Gasteiger partial charge in [-0.1, -0.05) is 17.8 Å². The highest BCUT2D eigenvalue weighted by Crippen LogP contribution is 2.38. The second kappa shape index (κ2) is 6.99. The summed E-state index contributed by atoms with van der Waals surface area (Å²) < 4.78 is 56.4. The molecule has 0 unspecified atom stereocenters. The molecule has 0 saturated carbocycles. The Bertz CT molecular complexity index is 784. The first kappa shape index (κ1) is 17.7. The standard InChI is InChI=1S/C16H15F3N2O3S/c1-3-22-14-10(13(16(17,18)19)20-15(21-14)25-2)6-9-4-5-11-12(7-9)24-8-23-11/h4-5,7H,3,6,8H2,1-2H3. The molecular weight excluding hydrogens is 357 g/mol. The van der Waals surface area contributed by atoms with Gasteiger partial charge in [0.15, 0.2) is 22.3 Å². The Labute approximate surface area is 146 Å². The summed E-state index contributed by atoms with van der Waals surface area (Å²) in [6, 6.07) is 5.01. The lowest BCUT2D eigenvalue weighted by atomic mass is 10.0. The quantitative estimate of drug-likeness (QED) is 0.585. The van der Waals surface area contributed by atoms with E-state index in [0.29, 0.717) is 17.1 Å². The van der Waals surface area contributed by atoms with Crippen LogP contribution in [0.5, 0.6) is 17.4 Å². The number of rotatable bonds is 5. The van der Waals surface area contributed by atoms with Gasteiger partial charge in [-0.25, -0.2) is 4.98 Å². The monoisotopic (exact) mass is 372 g/mol. The van der Waals surface area contributed by atoms with Crippen LogP contribution < -0.4 is 14.2 Å². The Hall–Kier alpha value is -2.16. The first-order valence-electron chi connectivity index (χ1n) is 7.45. The fraction of sp³-hybridized carbons (Fsp3) is 0.375. The van der Waals surface area contributed by atoms with Crippen LogP contribution in [0.4, 0.5) is 13.2 Å². The highest BCUT2D eigenvalue weighted by Gasteiger charge is 2.38. The summed E-state index contributed by atoms with van der Waals surface area (Å²) in [5.41, 5.74) is -0.449. The maximum atomic E-state index is 13.5. The van der Waals surface area contributed by atoms with Crippen LogP contribution >= 0.6 is 11.8 Å². The minimum Gasteiger partial charge on any atom is -0.478 e. The van der Waals surface area contributed by atoms with Gasteiger partial charge in [-0.05, 0) is 30.9 Å². The molecule has 0 radical (unpaired) electrons. The smallest absolute Gasteiger partial charge is 0.433 e. The van der Waals surface area contributed by atoms with Crippen molar-refractivity contribution in [3.8, 4) is 17.4 Å². The van der Waals surface area contributed by atoms with Gasteiger partial charge in [0.2, 0.25) is 12.7 Å². The number of hydrogen-bond acceptors (Lipinski definition) is 6. The van der Waals surface area contributed by atoms with Crippen molar-refractivity contribution in [2.24, 2.45) is 0 Å². The Morgan fingerprint density at radius 2 is 1.96 bits per heavy atom. The molecule has 0 spiro atoms. The van der Waals surface area contributed by atoms with E-state index >= 15 is 0 Å². The van der Waals surface area contributed by atoms with Crippen molar-refractivity contribution < 1.29 is 27.4 Å². The zero-order valence-electron chi connectivity index (χ0n) is 13.5. The van der Waals surface area contributed by atoms with Crippen LogP contribution in [0.25, 0.3) is 0 Å². The lowest BCUT2D eigenvalue weighted by molar-refractivity contribution is -0.142. The Kier molecular flexibility index (Phi) is 4.94. The summed E-state index contributed by atoms with van der Waals surface area (Å²) in [5.74, 6) is 1.02. The molecule has 0 atom stereocenters. The molecule has 0 bridgehead atoms. The first-order valence-corrected chi connectivity index (χ1v) is 8.68. The third-order valence-corrected chi connectivity index (χ3v) is 4.05. The van der Waals surface area contributed by atoms with Gasteiger partial charge in [0.1, 0.15) is 0 Å². The van der Waals surface area contributed by atoms with Crippen molar-refractivity contribution in [2.75, 3.05) is 19.7 Å². The summed E-state index contributed by atoms with van der Waals surface area (Å²) in [5, 5.41) is 0.0187. The van der Waals surface area contributed by atoms with E-state index in [1.807, 2.05) is 0 Å². The Morgan fingerprint density at radius 3 is 2.64 bits per heavy atom. The predicted molar refractivity (Wildman–Crippen MR) is 85.4 cm³/mol. The fourth-order valence-electron chi connectivity index (χ4n) is 2.44. The average molecular weight is 372 g/mol. The van der Waals surface area contributed by atoms with Gasteiger partial charge in [0.25, 0.3) is 0 Å². The van der Waals surface area contributed by atoms with E-state index < -0.39 is 11.9 Å². The van der Waals surface area contributed by atoms with Gasteiger partial charge in [-0.2, -0.15) is 18.2 Å². The zero-order valence-corrected chi connectivity index (χ0v) is 14.3. The van der Waals surface area contributed by atoms with Gasteiger partial charge in [-0.3, -0.25) is 0 Å². The molecule has 1 aromatic heterocycles. The van der Waals surface area contributed by atoms with E-state index in [1.54, 1.807) is 31.4 Å². The molecule has 9 heteroatoms. The largest absolute Gasteiger partial charge is 0.478 e. The van der Waals surface area contributed by atoms with E-state index in [-0.39, 0.29) is 36.4 Å². The summed E-state index contributed by atoms with van der Waals surface area (Å²) >= 11 is 1.03. The van der Waals surface area contributed by atoms with Crippen molar-refractivity contribution in [1.29, 1.82) is 0 Å². The lowest BCUT2D eigenvalue weighted by Gasteiger charge is -2.16.